The topological polar surface area (TPSA) is 105 Å². The Balaban J connectivity index is 1.67. The summed E-state index contributed by atoms with van der Waals surface area (Å²) in [7, 11) is 0. The molecule has 0 bridgehead atoms. The molecule has 2 aromatic rings. The molecule has 2 aromatic carbocycles. The van der Waals surface area contributed by atoms with Gasteiger partial charge in [0.05, 0.1) is 11.4 Å². The molecule has 4 rings (SSSR count). The number of rotatable bonds is 5. The monoisotopic (exact) mass is 448 g/mol. The lowest BCUT2D eigenvalue weighted by atomic mass is 9.90. The molecule has 0 aromatic heterocycles. The number of hydrogen-bond donors (Lipinski definition) is 3. The zero-order valence-corrected chi connectivity index (χ0v) is 19.2. The third-order valence-electron chi connectivity index (χ3n) is 6.88. The van der Waals surface area contributed by atoms with Gasteiger partial charge in [0.2, 0.25) is 5.91 Å². The van der Waals surface area contributed by atoms with Crippen LogP contribution in [-0.4, -0.2) is 35.8 Å². The molecular weight excluding hydrogens is 416 g/mol. The van der Waals surface area contributed by atoms with E-state index in [-0.39, 0.29) is 35.7 Å². The second-order valence-corrected chi connectivity index (χ2v) is 9.12. The summed E-state index contributed by atoms with van der Waals surface area (Å²) in [6, 6.07) is 13.3. The molecule has 7 heteroatoms. The van der Waals surface area contributed by atoms with Gasteiger partial charge in [-0.1, -0.05) is 51.3 Å². The molecule has 0 radical (unpaired) electrons. The smallest absolute Gasteiger partial charge is 0.259 e. The summed E-state index contributed by atoms with van der Waals surface area (Å²) in [5, 5.41) is 5.97. The summed E-state index contributed by atoms with van der Waals surface area (Å²) < 4.78 is 0. The van der Waals surface area contributed by atoms with E-state index in [2.05, 4.69) is 10.6 Å². The van der Waals surface area contributed by atoms with Crippen molar-refractivity contribution in [2.45, 2.75) is 64.1 Å². The van der Waals surface area contributed by atoms with Crippen molar-refractivity contribution in [3.8, 4) is 0 Å². The third-order valence-corrected chi connectivity index (χ3v) is 6.88. The average molecular weight is 449 g/mol. The largest absolute Gasteiger partial charge is 0.348 e. The van der Waals surface area contributed by atoms with Gasteiger partial charge in [-0.15, -0.1) is 0 Å². The number of anilines is 2. The van der Waals surface area contributed by atoms with Crippen LogP contribution in [0.2, 0.25) is 0 Å². The highest BCUT2D eigenvalue weighted by Gasteiger charge is 2.40. The van der Waals surface area contributed by atoms with Crippen LogP contribution in [0.5, 0.6) is 0 Å². The first-order valence-corrected chi connectivity index (χ1v) is 11.8. The van der Waals surface area contributed by atoms with Gasteiger partial charge in [0.1, 0.15) is 6.04 Å². The maximum atomic E-state index is 13.5. The number of nitrogens with one attached hydrogen (secondary N) is 2. The maximum Gasteiger partial charge on any atom is 0.259 e. The van der Waals surface area contributed by atoms with Crippen molar-refractivity contribution in [1.82, 2.24) is 5.32 Å². The molecule has 1 aliphatic heterocycles. The van der Waals surface area contributed by atoms with Crippen molar-refractivity contribution >= 4 is 29.1 Å². The van der Waals surface area contributed by atoms with E-state index in [0.29, 0.717) is 22.5 Å². The Kier molecular flexibility index (Phi) is 6.79. The van der Waals surface area contributed by atoms with E-state index in [1.807, 2.05) is 19.9 Å². The lowest BCUT2D eigenvalue weighted by Crippen LogP contribution is -2.54. The molecule has 7 nitrogen and oxygen atoms in total. The van der Waals surface area contributed by atoms with Crippen molar-refractivity contribution in [2.24, 2.45) is 11.7 Å². The van der Waals surface area contributed by atoms with Gasteiger partial charge in [-0.3, -0.25) is 19.3 Å². The van der Waals surface area contributed by atoms with Crippen LogP contribution in [0, 0.1) is 5.92 Å². The van der Waals surface area contributed by atoms with Crippen LogP contribution in [0.4, 0.5) is 11.4 Å². The average Bonchev–Trinajstić information content (AvgIpc) is 2.83. The number of amides is 3. The summed E-state index contributed by atoms with van der Waals surface area (Å²) in [5.74, 6) is -0.740. The Bertz CT molecular complexity index is 1040. The van der Waals surface area contributed by atoms with E-state index >= 15 is 0 Å². The number of hydrogen-bond acceptors (Lipinski definition) is 4. The summed E-state index contributed by atoms with van der Waals surface area (Å²) in [4.78, 5) is 41.1. The van der Waals surface area contributed by atoms with Crippen LogP contribution in [0.3, 0.4) is 0 Å². The first kappa shape index (κ1) is 23.0. The van der Waals surface area contributed by atoms with E-state index in [1.54, 1.807) is 47.4 Å². The molecule has 3 amide bonds. The van der Waals surface area contributed by atoms with E-state index in [0.717, 1.165) is 32.1 Å². The fraction of sp³-hybridized carbons (Fsp3) is 0.423. The minimum Gasteiger partial charge on any atom is -0.348 e. The predicted octanol–water partition coefficient (Wildman–Crippen LogP) is 3.70. The fourth-order valence-corrected chi connectivity index (χ4v) is 4.74. The number of nitrogens with zero attached hydrogens (tertiary/aromatic N) is 1. The summed E-state index contributed by atoms with van der Waals surface area (Å²) in [6.07, 6.45) is 4.64. The number of benzene rings is 2. The number of carbonyl (C=O) groups excluding carboxylic acids is 3. The highest BCUT2D eigenvalue weighted by Crippen LogP contribution is 2.37. The Morgan fingerprint density at radius 3 is 2.55 bits per heavy atom. The van der Waals surface area contributed by atoms with E-state index in [4.69, 9.17) is 5.73 Å². The van der Waals surface area contributed by atoms with Crippen LogP contribution < -0.4 is 21.3 Å². The lowest BCUT2D eigenvalue weighted by Gasteiger charge is -2.39. The molecule has 33 heavy (non-hydrogen) atoms. The Hall–Kier alpha value is -3.19. The second kappa shape index (κ2) is 9.75. The van der Waals surface area contributed by atoms with Crippen LogP contribution in [-0.2, 0) is 4.79 Å². The molecule has 1 saturated carbocycles. The minimum atomic E-state index is -0.630. The molecule has 0 saturated heterocycles. The van der Waals surface area contributed by atoms with Gasteiger partial charge in [-0.2, -0.15) is 0 Å². The highest BCUT2D eigenvalue weighted by atomic mass is 16.2. The number of fused-ring (bicyclic) bond motifs is 1. The van der Waals surface area contributed by atoms with Crippen molar-refractivity contribution < 1.29 is 14.4 Å². The normalized spacial score (nSPS) is 23.3. The van der Waals surface area contributed by atoms with Crippen molar-refractivity contribution in [3.63, 3.8) is 0 Å². The van der Waals surface area contributed by atoms with Gasteiger partial charge in [0.25, 0.3) is 11.8 Å². The predicted molar refractivity (Wildman–Crippen MR) is 129 cm³/mol. The molecular formula is C26H32N4O3. The highest BCUT2D eigenvalue weighted by molar-refractivity contribution is 6.17. The molecule has 0 spiro atoms. The Labute approximate surface area is 194 Å². The molecule has 1 heterocycles. The third kappa shape index (κ3) is 4.64. The molecule has 1 aliphatic carbocycles. The SMILES string of the molecule is CCC(C)C1C(=O)Nc2cc(C(=O)NC3CCCCC3N)ccc2N1C(=O)c1ccccc1. The zero-order valence-electron chi connectivity index (χ0n) is 19.2. The molecule has 4 N–H and O–H groups in total. The fourth-order valence-electron chi connectivity index (χ4n) is 4.74. The number of nitrogens with two attached hydrogens (primary N) is 1. The van der Waals surface area contributed by atoms with Gasteiger partial charge in [-0.05, 0) is 49.1 Å². The maximum absolute atomic E-state index is 13.5. The Morgan fingerprint density at radius 1 is 1.12 bits per heavy atom. The van der Waals surface area contributed by atoms with E-state index in [9.17, 15) is 14.4 Å². The second-order valence-electron chi connectivity index (χ2n) is 9.12. The summed E-state index contributed by atoms with van der Waals surface area (Å²) >= 11 is 0. The first-order valence-electron chi connectivity index (χ1n) is 11.8. The number of carbonyl (C=O) groups is 3. The van der Waals surface area contributed by atoms with Crippen molar-refractivity contribution in [1.29, 1.82) is 0 Å². The van der Waals surface area contributed by atoms with Crippen LogP contribution >= 0.6 is 0 Å². The van der Waals surface area contributed by atoms with E-state index < -0.39 is 6.04 Å². The van der Waals surface area contributed by atoms with Crippen LogP contribution in [0.15, 0.2) is 48.5 Å². The van der Waals surface area contributed by atoms with Crippen molar-refractivity contribution in [2.75, 3.05) is 10.2 Å². The van der Waals surface area contributed by atoms with E-state index in [1.165, 1.54) is 0 Å². The standard InChI is InChI=1S/C26H32N4O3/c1-3-16(2)23-25(32)29-21-15-18(24(31)28-20-12-8-7-11-19(20)27)13-14-22(21)30(23)26(33)17-9-5-4-6-10-17/h4-6,9-10,13-16,19-20,23H,3,7-8,11-12,27H2,1-2H3,(H,28,31)(H,29,32). The minimum absolute atomic E-state index is 0.0402. The molecule has 174 valence electrons. The molecule has 4 atom stereocenters. The quantitative estimate of drug-likeness (QED) is 0.649. The van der Waals surface area contributed by atoms with Gasteiger partial charge in [-0.25, -0.2) is 0 Å². The van der Waals surface area contributed by atoms with Crippen molar-refractivity contribution in [3.05, 3.63) is 59.7 Å². The van der Waals surface area contributed by atoms with Gasteiger partial charge >= 0.3 is 0 Å². The van der Waals surface area contributed by atoms with Crippen LogP contribution in [0.25, 0.3) is 0 Å². The van der Waals surface area contributed by atoms with Gasteiger partial charge in [0, 0.05) is 23.2 Å². The van der Waals surface area contributed by atoms with Gasteiger partial charge < -0.3 is 16.4 Å². The molecule has 4 unspecified atom stereocenters. The summed E-state index contributed by atoms with van der Waals surface area (Å²) in [6.45, 7) is 3.97. The van der Waals surface area contributed by atoms with Gasteiger partial charge in [0.15, 0.2) is 0 Å². The Morgan fingerprint density at radius 2 is 1.85 bits per heavy atom. The first-order chi connectivity index (χ1) is 15.9. The lowest BCUT2D eigenvalue weighted by molar-refractivity contribution is -0.118. The molecule has 1 fully saturated rings. The zero-order chi connectivity index (χ0) is 23.5. The van der Waals surface area contributed by atoms with Crippen LogP contribution in [0.1, 0.15) is 66.7 Å². The molecule has 2 aliphatic rings. The summed E-state index contributed by atoms with van der Waals surface area (Å²) in [5.41, 5.74) is 8.19.